The highest BCUT2D eigenvalue weighted by atomic mass is 16.5. The molecule has 0 fully saturated rings. The number of rotatable bonds is 19. The van der Waals surface area contributed by atoms with Gasteiger partial charge in [-0.15, -0.1) is 0 Å². The summed E-state index contributed by atoms with van der Waals surface area (Å²) in [7, 11) is 1.48. The Morgan fingerprint density at radius 2 is 1.04 bits per heavy atom. The van der Waals surface area contributed by atoms with E-state index in [2.05, 4.69) is 6.92 Å². The van der Waals surface area contributed by atoms with Crippen LogP contribution in [0.1, 0.15) is 116 Å². The van der Waals surface area contributed by atoms with Gasteiger partial charge in [0.2, 0.25) is 0 Å². The lowest BCUT2D eigenvalue weighted by Crippen LogP contribution is -2.21. The third kappa shape index (κ3) is 16.3. The Bertz CT molecular complexity index is 266. The zero-order valence-corrected chi connectivity index (χ0v) is 16.4. The highest BCUT2D eigenvalue weighted by Gasteiger charge is 2.14. The van der Waals surface area contributed by atoms with Crippen molar-refractivity contribution in [3.63, 3.8) is 0 Å². The molecule has 1 atom stereocenters. The van der Waals surface area contributed by atoms with Gasteiger partial charge in [0.05, 0.1) is 0 Å². The summed E-state index contributed by atoms with van der Waals surface area (Å²) >= 11 is 0. The van der Waals surface area contributed by atoms with Crippen LogP contribution in [-0.2, 0) is 9.53 Å². The van der Waals surface area contributed by atoms with Gasteiger partial charge in [-0.05, 0) is 6.42 Å². The Hall–Kier alpha value is -0.570. The first kappa shape index (κ1) is 23.4. The van der Waals surface area contributed by atoms with Gasteiger partial charge in [-0.1, -0.05) is 110 Å². The van der Waals surface area contributed by atoms with Gasteiger partial charge in [0.1, 0.15) is 0 Å². The van der Waals surface area contributed by atoms with Crippen molar-refractivity contribution in [3.8, 4) is 0 Å². The number of methoxy groups -OCH3 is 1. The molecule has 0 bridgehead atoms. The fraction of sp³-hybridized carbons (Fsp3) is 0.952. The Morgan fingerprint density at radius 1 is 0.708 bits per heavy atom. The van der Waals surface area contributed by atoms with Gasteiger partial charge in [0, 0.05) is 7.11 Å². The smallest absolute Gasteiger partial charge is 0.332 e. The molecule has 3 heteroatoms. The summed E-state index contributed by atoms with van der Waals surface area (Å²) < 4.78 is 4.94. The van der Waals surface area contributed by atoms with Gasteiger partial charge < -0.3 is 9.84 Å². The molecule has 0 aliphatic heterocycles. The molecule has 0 aliphatic rings. The largest absolute Gasteiger partial charge is 0.479 e. The number of ether oxygens (including phenoxy) is 1. The zero-order valence-electron chi connectivity index (χ0n) is 16.4. The molecular weight excluding hydrogens is 300 g/mol. The van der Waals surface area contributed by atoms with Gasteiger partial charge in [-0.2, -0.15) is 0 Å². The van der Waals surface area contributed by atoms with E-state index in [1.807, 2.05) is 0 Å². The molecule has 0 aliphatic carbocycles. The molecule has 3 nitrogen and oxygen atoms in total. The Kier molecular flexibility index (Phi) is 18.3. The highest BCUT2D eigenvalue weighted by Crippen LogP contribution is 2.14. The first-order valence-electron chi connectivity index (χ1n) is 10.5. The van der Waals surface area contributed by atoms with Gasteiger partial charge in [-0.3, -0.25) is 0 Å². The number of unbranched alkanes of at least 4 members (excludes halogenated alkanes) is 15. The van der Waals surface area contributed by atoms with E-state index >= 15 is 0 Å². The Labute approximate surface area is 150 Å². The van der Waals surface area contributed by atoms with Gasteiger partial charge in [0.25, 0.3) is 0 Å². The fourth-order valence-electron chi connectivity index (χ4n) is 3.22. The van der Waals surface area contributed by atoms with E-state index in [1.54, 1.807) is 0 Å². The van der Waals surface area contributed by atoms with Crippen LogP contribution in [0.2, 0.25) is 0 Å². The van der Waals surface area contributed by atoms with Crippen LogP contribution in [0.25, 0.3) is 0 Å². The average Bonchev–Trinajstić information content (AvgIpc) is 2.57. The molecule has 1 unspecified atom stereocenters. The lowest BCUT2D eigenvalue weighted by atomic mass is 10.0. The van der Waals surface area contributed by atoms with E-state index in [4.69, 9.17) is 9.84 Å². The maximum Gasteiger partial charge on any atom is 0.332 e. The second-order valence-corrected chi connectivity index (χ2v) is 7.15. The van der Waals surface area contributed by atoms with Crippen molar-refractivity contribution >= 4 is 5.97 Å². The van der Waals surface area contributed by atoms with Crippen LogP contribution >= 0.6 is 0 Å². The second-order valence-electron chi connectivity index (χ2n) is 7.15. The van der Waals surface area contributed by atoms with Crippen molar-refractivity contribution < 1.29 is 14.6 Å². The summed E-state index contributed by atoms with van der Waals surface area (Å²) in [6.07, 6.45) is 21.5. The van der Waals surface area contributed by atoms with Crippen molar-refractivity contribution in [1.82, 2.24) is 0 Å². The molecule has 0 spiro atoms. The quantitative estimate of drug-likeness (QED) is 0.264. The highest BCUT2D eigenvalue weighted by molar-refractivity contribution is 5.72. The first-order valence-corrected chi connectivity index (χ1v) is 10.5. The molecule has 0 radical (unpaired) electrons. The standard InChI is InChI=1S/C21H42O3/c1-3-4-5-6-7-8-9-10-11-12-13-14-15-16-17-18-19-20(24-2)21(22)23/h20H,3-19H2,1-2H3,(H,22,23). The van der Waals surface area contributed by atoms with E-state index in [0.717, 1.165) is 12.8 Å². The third-order valence-corrected chi connectivity index (χ3v) is 4.88. The van der Waals surface area contributed by atoms with E-state index in [0.29, 0.717) is 6.42 Å². The predicted octanol–water partition coefficient (Wildman–Crippen LogP) is 6.74. The zero-order chi connectivity index (χ0) is 17.9. The van der Waals surface area contributed by atoms with Crippen LogP contribution in [0.15, 0.2) is 0 Å². The monoisotopic (exact) mass is 342 g/mol. The molecule has 0 saturated heterocycles. The van der Waals surface area contributed by atoms with E-state index in [-0.39, 0.29) is 0 Å². The number of hydrogen-bond donors (Lipinski definition) is 1. The van der Waals surface area contributed by atoms with E-state index in [9.17, 15) is 4.79 Å². The minimum absolute atomic E-state index is 0.614. The maximum absolute atomic E-state index is 10.8. The van der Waals surface area contributed by atoms with Gasteiger partial charge in [0.15, 0.2) is 6.10 Å². The molecule has 0 amide bonds. The van der Waals surface area contributed by atoms with Gasteiger partial charge in [-0.25, -0.2) is 4.79 Å². The summed E-state index contributed by atoms with van der Waals surface area (Å²) in [5.41, 5.74) is 0. The molecule has 0 aromatic heterocycles. The number of aliphatic carboxylic acids is 1. The van der Waals surface area contributed by atoms with Crippen LogP contribution < -0.4 is 0 Å². The molecule has 144 valence electrons. The number of carboxylic acids is 1. The van der Waals surface area contributed by atoms with Crippen molar-refractivity contribution in [2.75, 3.05) is 7.11 Å². The molecule has 1 N–H and O–H groups in total. The molecule has 0 aromatic carbocycles. The topological polar surface area (TPSA) is 46.5 Å². The average molecular weight is 343 g/mol. The summed E-state index contributed by atoms with van der Waals surface area (Å²) in [4.78, 5) is 10.8. The third-order valence-electron chi connectivity index (χ3n) is 4.88. The fourth-order valence-corrected chi connectivity index (χ4v) is 3.22. The van der Waals surface area contributed by atoms with Crippen LogP contribution in [0.3, 0.4) is 0 Å². The SMILES string of the molecule is CCCCCCCCCCCCCCCCCCC(OC)C(=O)O. The van der Waals surface area contributed by atoms with E-state index < -0.39 is 12.1 Å². The maximum atomic E-state index is 10.8. The van der Waals surface area contributed by atoms with Gasteiger partial charge >= 0.3 is 5.97 Å². The normalized spacial score (nSPS) is 12.4. The van der Waals surface area contributed by atoms with Crippen LogP contribution in [0.4, 0.5) is 0 Å². The van der Waals surface area contributed by atoms with Crippen LogP contribution in [0.5, 0.6) is 0 Å². The summed E-state index contributed by atoms with van der Waals surface area (Å²) in [5.74, 6) is -0.835. The van der Waals surface area contributed by atoms with Crippen molar-refractivity contribution in [1.29, 1.82) is 0 Å². The first-order chi connectivity index (χ1) is 11.7. The van der Waals surface area contributed by atoms with Crippen molar-refractivity contribution in [3.05, 3.63) is 0 Å². The number of carboxylic acid groups (broad SMARTS) is 1. The molecule has 24 heavy (non-hydrogen) atoms. The minimum Gasteiger partial charge on any atom is -0.479 e. The van der Waals surface area contributed by atoms with Crippen LogP contribution in [-0.4, -0.2) is 24.3 Å². The molecule has 0 aromatic rings. The van der Waals surface area contributed by atoms with E-state index in [1.165, 1.54) is 97.0 Å². The number of carbonyl (C=O) groups is 1. The number of hydrogen-bond acceptors (Lipinski definition) is 2. The predicted molar refractivity (Wildman–Crippen MR) is 103 cm³/mol. The summed E-state index contributed by atoms with van der Waals surface area (Å²) in [6, 6.07) is 0. The molecular formula is C21H42O3. The Morgan fingerprint density at radius 3 is 1.33 bits per heavy atom. The molecule has 0 rings (SSSR count). The van der Waals surface area contributed by atoms with Crippen molar-refractivity contribution in [2.45, 2.75) is 122 Å². The Balaban J connectivity index is 3.11. The van der Waals surface area contributed by atoms with Crippen molar-refractivity contribution in [2.24, 2.45) is 0 Å². The lowest BCUT2D eigenvalue weighted by Gasteiger charge is -2.09. The van der Waals surface area contributed by atoms with Crippen LogP contribution in [0, 0.1) is 0 Å². The minimum atomic E-state index is -0.835. The summed E-state index contributed by atoms with van der Waals surface area (Å²) in [5, 5.41) is 8.87. The molecule has 0 heterocycles. The second kappa shape index (κ2) is 18.8. The summed E-state index contributed by atoms with van der Waals surface area (Å²) in [6.45, 7) is 2.27. The molecule has 0 saturated carbocycles. The lowest BCUT2D eigenvalue weighted by molar-refractivity contribution is -0.148.